The SMILES string of the molecule is CC(C)(C)OC(=O)N1[C@H](COC(=O)c2ccccc2)[C@@H](OC(=O)c2ccccc2)C(OC(=O)c2ccccc2)[C@@H]1c1c[nH]c2c(=O)[nH]cnc12. The lowest BCUT2D eigenvalue weighted by atomic mass is 10.0. The summed E-state index contributed by atoms with van der Waals surface area (Å²) in [5.41, 5.74) is -0.335. The largest absolute Gasteiger partial charge is 0.460 e. The summed E-state index contributed by atoms with van der Waals surface area (Å²) in [6.45, 7) is 4.53. The van der Waals surface area contributed by atoms with E-state index in [9.17, 15) is 24.0 Å². The maximum atomic E-state index is 14.3. The number of likely N-dealkylation sites (tertiary alicyclic amines) is 1. The van der Waals surface area contributed by atoms with Gasteiger partial charge in [-0.3, -0.25) is 9.69 Å². The average molecular weight is 679 g/mol. The first-order valence-electron chi connectivity index (χ1n) is 15.8. The van der Waals surface area contributed by atoms with Crippen LogP contribution < -0.4 is 5.56 Å². The third-order valence-electron chi connectivity index (χ3n) is 7.99. The van der Waals surface area contributed by atoms with Gasteiger partial charge in [0.2, 0.25) is 0 Å². The summed E-state index contributed by atoms with van der Waals surface area (Å²) in [7, 11) is 0. The molecule has 1 saturated heterocycles. The Morgan fingerprint density at radius 2 is 1.26 bits per heavy atom. The first-order valence-corrected chi connectivity index (χ1v) is 15.8. The summed E-state index contributed by atoms with van der Waals surface area (Å²) < 4.78 is 23.9. The van der Waals surface area contributed by atoms with Gasteiger partial charge < -0.3 is 28.9 Å². The number of aromatic amines is 2. The van der Waals surface area contributed by atoms with E-state index in [2.05, 4.69) is 15.0 Å². The Kier molecular flexibility index (Phi) is 9.48. The summed E-state index contributed by atoms with van der Waals surface area (Å²) >= 11 is 0. The molecule has 1 amide bonds. The van der Waals surface area contributed by atoms with Crippen molar-refractivity contribution in [3.05, 3.63) is 136 Å². The number of rotatable bonds is 8. The Balaban J connectivity index is 1.51. The molecule has 6 rings (SSSR count). The van der Waals surface area contributed by atoms with Gasteiger partial charge in [-0.15, -0.1) is 0 Å². The first-order chi connectivity index (χ1) is 24.0. The molecule has 0 radical (unpaired) electrons. The molecule has 2 N–H and O–H groups in total. The molecular weight excluding hydrogens is 644 g/mol. The van der Waals surface area contributed by atoms with Crippen molar-refractivity contribution in [2.45, 2.75) is 50.7 Å². The van der Waals surface area contributed by atoms with E-state index in [1.165, 1.54) is 17.4 Å². The van der Waals surface area contributed by atoms with Crippen LogP contribution in [0.3, 0.4) is 0 Å². The number of benzene rings is 3. The molecule has 3 heterocycles. The third kappa shape index (κ3) is 7.11. The van der Waals surface area contributed by atoms with Crippen molar-refractivity contribution in [3.8, 4) is 0 Å². The number of fused-ring (bicyclic) bond motifs is 1. The van der Waals surface area contributed by atoms with Gasteiger partial charge >= 0.3 is 24.0 Å². The molecule has 13 nitrogen and oxygen atoms in total. The van der Waals surface area contributed by atoms with Crippen LogP contribution in [-0.2, 0) is 18.9 Å². The highest BCUT2D eigenvalue weighted by Gasteiger charge is 2.58. The van der Waals surface area contributed by atoms with E-state index in [0.29, 0.717) is 0 Å². The molecule has 1 aliphatic heterocycles. The van der Waals surface area contributed by atoms with E-state index in [1.54, 1.807) is 112 Å². The van der Waals surface area contributed by atoms with Gasteiger partial charge in [-0.25, -0.2) is 24.2 Å². The van der Waals surface area contributed by atoms with Crippen molar-refractivity contribution in [1.29, 1.82) is 0 Å². The fourth-order valence-corrected chi connectivity index (χ4v) is 5.81. The molecule has 256 valence electrons. The fourth-order valence-electron chi connectivity index (χ4n) is 5.81. The second kappa shape index (κ2) is 14.1. The number of nitrogens with one attached hydrogen (secondary N) is 2. The number of nitrogens with zero attached hydrogens (tertiary/aromatic N) is 2. The number of aromatic nitrogens is 3. The number of carbonyl (C=O) groups excluding carboxylic acids is 4. The van der Waals surface area contributed by atoms with Crippen LogP contribution in [0.15, 0.2) is 108 Å². The monoisotopic (exact) mass is 678 g/mol. The second-order valence-electron chi connectivity index (χ2n) is 12.5. The van der Waals surface area contributed by atoms with Crippen LogP contribution in [0, 0.1) is 0 Å². The zero-order valence-electron chi connectivity index (χ0n) is 27.4. The summed E-state index contributed by atoms with van der Waals surface area (Å²) in [5.74, 6) is -2.27. The predicted octanol–water partition coefficient (Wildman–Crippen LogP) is 5.22. The Hall–Kier alpha value is -6.24. The normalized spacial score (nSPS) is 18.7. The first kappa shape index (κ1) is 33.7. The minimum absolute atomic E-state index is 0.0940. The van der Waals surface area contributed by atoms with Crippen molar-refractivity contribution in [2.75, 3.05) is 6.61 Å². The molecule has 0 aliphatic carbocycles. The molecule has 1 unspecified atom stereocenters. The van der Waals surface area contributed by atoms with Crippen LogP contribution in [0.5, 0.6) is 0 Å². The summed E-state index contributed by atoms with van der Waals surface area (Å²) in [5, 5.41) is 0. The number of ether oxygens (including phenoxy) is 4. The summed E-state index contributed by atoms with van der Waals surface area (Å²) in [6.07, 6.45) is -1.05. The van der Waals surface area contributed by atoms with Crippen molar-refractivity contribution in [3.63, 3.8) is 0 Å². The Bertz CT molecular complexity index is 2060. The quantitative estimate of drug-likeness (QED) is 0.164. The van der Waals surface area contributed by atoms with E-state index in [4.69, 9.17) is 18.9 Å². The number of esters is 3. The molecule has 50 heavy (non-hydrogen) atoms. The summed E-state index contributed by atoms with van der Waals surface area (Å²) in [6, 6.07) is 22.0. The highest BCUT2D eigenvalue weighted by molar-refractivity contribution is 5.91. The lowest BCUT2D eigenvalue weighted by Crippen LogP contribution is -2.47. The van der Waals surface area contributed by atoms with E-state index < -0.39 is 66.1 Å². The molecular formula is C37H34N4O9. The van der Waals surface area contributed by atoms with E-state index in [1.807, 2.05) is 0 Å². The smallest absolute Gasteiger partial charge is 0.411 e. The molecule has 2 aromatic heterocycles. The van der Waals surface area contributed by atoms with Crippen molar-refractivity contribution in [2.24, 2.45) is 0 Å². The molecule has 0 bridgehead atoms. The second-order valence-corrected chi connectivity index (χ2v) is 12.5. The minimum atomic E-state index is -1.41. The molecule has 13 heteroatoms. The van der Waals surface area contributed by atoms with Gasteiger partial charge in [0, 0.05) is 11.8 Å². The zero-order valence-corrected chi connectivity index (χ0v) is 27.4. The fraction of sp³-hybridized carbons (Fsp3) is 0.243. The highest BCUT2D eigenvalue weighted by atomic mass is 16.6. The number of carbonyl (C=O) groups is 4. The number of amides is 1. The van der Waals surface area contributed by atoms with Crippen molar-refractivity contribution < 1.29 is 38.1 Å². The van der Waals surface area contributed by atoms with Crippen LogP contribution in [-0.4, -0.2) is 74.3 Å². The molecule has 3 aromatic carbocycles. The van der Waals surface area contributed by atoms with E-state index in [-0.39, 0.29) is 33.3 Å². The maximum absolute atomic E-state index is 14.3. The Labute approximate surface area is 286 Å². The van der Waals surface area contributed by atoms with Crippen molar-refractivity contribution >= 4 is 35.0 Å². The van der Waals surface area contributed by atoms with Crippen LogP contribution in [0.25, 0.3) is 11.0 Å². The van der Waals surface area contributed by atoms with E-state index >= 15 is 0 Å². The molecule has 5 aromatic rings. The average Bonchev–Trinajstić information content (AvgIpc) is 3.67. The Morgan fingerprint density at radius 3 is 1.80 bits per heavy atom. The van der Waals surface area contributed by atoms with Crippen LogP contribution in [0.1, 0.15) is 63.5 Å². The highest BCUT2D eigenvalue weighted by Crippen LogP contribution is 2.43. The van der Waals surface area contributed by atoms with Crippen LogP contribution in [0.2, 0.25) is 0 Å². The van der Waals surface area contributed by atoms with Gasteiger partial charge in [0.1, 0.15) is 35.3 Å². The van der Waals surface area contributed by atoms with Gasteiger partial charge in [0.05, 0.1) is 23.0 Å². The summed E-state index contributed by atoms with van der Waals surface area (Å²) in [4.78, 5) is 78.7. The molecule has 4 atom stereocenters. The maximum Gasteiger partial charge on any atom is 0.411 e. The Morgan fingerprint density at radius 1 is 0.740 bits per heavy atom. The van der Waals surface area contributed by atoms with Gasteiger partial charge in [-0.2, -0.15) is 0 Å². The zero-order chi connectivity index (χ0) is 35.4. The third-order valence-corrected chi connectivity index (χ3v) is 7.99. The number of hydrogen-bond acceptors (Lipinski definition) is 10. The van der Waals surface area contributed by atoms with Gasteiger partial charge in [0.25, 0.3) is 5.56 Å². The number of H-pyrrole nitrogens is 2. The topological polar surface area (TPSA) is 170 Å². The molecule has 0 saturated carbocycles. The van der Waals surface area contributed by atoms with Crippen LogP contribution >= 0.6 is 0 Å². The molecule has 1 aliphatic rings. The molecule has 1 fully saturated rings. The lowest BCUT2D eigenvalue weighted by molar-refractivity contribution is -0.0373. The predicted molar refractivity (Wildman–Crippen MR) is 179 cm³/mol. The minimum Gasteiger partial charge on any atom is -0.460 e. The van der Waals surface area contributed by atoms with Gasteiger partial charge in [-0.1, -0.05) is 54.6 Å². The van der Waals surface area contributed by atoms with Gasteiger partial charge in [0.15, 0.2) is 12.2 Å². The lowest BCUT2D eigenvalue weighted by Gasteiger charge is -2.32. The van der Waals surface area contributed by atoms with Gasteiger partial charge in [-0.05, 0) is 57.2 Å². The molecule has 0 spiro atoms. The standard InChI is InChI=1S/C37H34N4O9/c1-37(2,3)50-36(46)41-26(20-47-33(43)22-13-7-4-8-14-22)30(48-34(44)23-15-9-5-10-16-23)31(49-35(45)24-17-11-6-12-18-24)29(41)25-19-38-28-27(25)39-21-40-32(28)42/h4-19,21,26,29-31,38H,20H2,1-3H3,(H,39,40,42)/t26-,29+,30-,31?/m1/s1. The van der Waals surface area contributed by atoms with E-state index in [0.717, 1.165) is 0 Å². The van der Waals surface area contributed by atoms with Crippen molar-refractivity contribution in [1.82, 2.24) is 19.9 Å². The van der Waals surface area contributed by atoms with Crippen LogP contribution in [0.4, 0.5) is 4.79 Å². The number of hydrogen-bond donors (Lipinski definition) is 2.